The molecule has 17 heavy (non-hydrogen) atoms. The van der Waals surface area contributed by atoms with Crippen molar-refractivity contribution in [1.82, 2.24) is 5.32 Å². The minimum absolute atomic E-state index is 0.203. The van der Waals surface area contributed by atoms with Crippen LogP contribution in [0.15, 0.2) is 18.2 Å². The molecule has 0 saturated carbocycles. The highest BCUT2D eigenvalue weighted by Gasteiger charge is 2.17. The fraction of sp³-hybridized carbons (Fsp3) is 0.538. The first-order chi connectivity index (χ1) is 8.35. The van der Waals surface area contributed by atoms with Gasteiger partial charge in [0.2, 0.25) is 6.79 Å². The van der Waals surface area contributed by atoms with Crippen molar-refractivity contribution in [2.45, 2.75) is 19.4 Å². The van der Waals surface area contributed by atoms with E-state index >= 15 is 0 Å². The van der Waals surface area contributed by atoms with Crippen molar-refractivity contribution in [2.24, 2.45) is 0 Å². The predicted octanol–water partition coefficient (Wildman–Crippen LogP) is 2.10. The first kappa shape index (κ1) is 12.2. The molecule has 0 aliphatic carbocycles. The lowest BCUT2D eigenvalue weighted by Gasteiger charge is -2.18. The lowest BCUT2D eigenvalue weighted by atomic mass is 10.1. The molecular formula is C13H19NO3. The van der Waals surface area contributed by atoms with Gasteiger partial charge in [0.1, 0.15) is 0 Å². The fourth-order valence-corrected chi connectivity index (χ4v) is 1.89. The molecule has 0 radical (unpaired) electrons. The van der Waals surface area contributed by atoms with Gasteiger partial charge in [-0.25, -0.2) is 0 Å². The number of hydrogen-bond donors (Lipinski definition) is 1. The van der Waals surface area contributed by atoms with Gasteiger partial charge in [0.25, 0.3) is 0 Å². The van der Waals surface area contributed by atoms with E-state index in [9.17, 15) is 0 Å². The highest BCUT2D eigenvalue weighted by atomic mass is 16.7. The van der Waals surface area contributed by atoms with E-state index in [1.54, 1.807) is 7.11 Å². The molecule has 1 aliphatic rings. The first-order valence-corrected chi connectivity index (χ1v) is 5.97. The van der Waals surface area contributed by atoms with Crippen molar-refractivity contribution in [3.63, 3.8) is 0 Å². The number of methoxy groups -OCH3 is 1. The number of hydrogen-bond acceptors (Lipinski definition) is 4. The first-order valence-electron chi connectivity index (χ1n) is 5.97. The van der Waals surface area contributed by atoms with Gasteiger partial charge in [-0.3, -0.25) is 0 Å². The summed E-state index contributed by atoms with van der Waals surface area (Å²) in [6, 6.07) is 6.23. The van der Waals surface area contributed by atoms with Crippen LogP contribution in [0.4, 0.5) is 0 Å². The molecule has 1 aromatic carbocycles. The van der Waals surface area contributed by atoms with E-state index in [4.69, 9.17) is 14.2 Å². The molecule has 0 saturated heterocycles. The molecule has 0 bridgehead atoms. The van der Waals surface area contributed by atoms with Crippen LogP contribution < -0.4 is 14.8 Å². The number of benzene rings is 1. The Morgan fingerprint density at radius 3 is 2.94 bits per heavy atom. The zero-order valence-electron chi connectivity index (χ0n) is 10.4. The Hall–Kier alpha value is -1.26. The van der Waals surface area contributed by atoms with E-state index in [2.05, 4.69) is 18.3 Å². The van der Waals surface area contributed by atoms with Crippen molar-refractivity contribution in [3.05, 3.63) is 23.8 Å². The van der Waals surface area contributed by atoms with Crippen LogP contribution in [0.25, 0.3) is 0 Å². The van der Waals surface area contributed by atoms with Crippen molar-refractivity contribution in [2.75, 3.05) is 27.1 Å². The summed E-state index contributed by atoms with van der Waals surface area (Å²) in [5, 5.41) is 3.46. The molecule has 4 heteroatoms. The topological polar surface area (TPSA) is 39.7 Å². The average Bonchev–Trinajstić information content (AvgIpc) is 2.81. The second kappa shape index (κ2) is 5.89. The minimum atomic E-state index is 0.203. The lowest BCUT2D eigenvalue weighted by Crippen LogP contribution is -2.25. The van der Waals surface area contributed by atoms with Gasteiger partial charge < -0.3 is 19.5 Å². The predicted molar refractivity (Wildman–Crippen MR) is 65.5 cm³/mol. The van der Waals surface area contributed by atoms with Crippen LogP contribution in [0.2, 0.25) is 0 Å². The normalized spacial score (nSPS) is 14.9. The summed E-state index contributed by atoms with van der Waals surface area (Å²) in [5.74, 6) is 1.64. The summed E-state index contributed by atoms with van der Waals surface area (Å²) in [6.45, 7) is 4.09. The summed E-state index contributed by atoms with van der Waals surface area (Å²) < 4.78 is 15.9. The zero-order chi connectivity index (χ0) is 12.1. The largest absolute Gasteiger partial charge is 0.454 e. The number of rotatable bonds is 6. The molecule has 94 valence electrons. The summed E-state index contributed by atoms with van der Waals surface area (Å²) in [6.07, 6.45) is 1.10. The van der Waals surface area contributed by atoms with Crippen LogP contribution in [0.1, 0.15) is 24.9 Å². The molecule has 1 aromatic rings. The number of nitrogens with one attached hydrogen (secondary N) is 1. The molecule has 4 nitrogen and oxygen atoms in total. The van der Waals surface area contributed by atoms with Gasteiger partial charge in [-0.15, -0.1) is 0 Å². The monoisotopic (exact) mass is 237 g/mol. The van der Waals surface area contributed by atoms with Crippen molar-refractivity contribution in [3.8, 4) is 11.5 Å². The lowest BCUT2D eigenvalue weighted by molar-refractivity contribution is 0.166. The van der Waals surface area contributed by atoms with E-state index < -0.39 is 0 Å². The van der Waals surface area contributed by atoms with Crippen LogP contribution in [0.3, 0.4) is 0 Å². The molecule has 1 atom stereocenters. The van der Waals surface area contributed by atoms with Crippen molar-refractivity contribution >= 4 is 0 Å². The molecule has 1 aliphatic heterocycles. The Balaban J connectivity index is 2.11. The third-order valence-corrected chi connectivity index (χ3v) is 2.77. The fourth-order valence-electron chi connectivity index (χ4n) is 1.89. The van der Waals surface area contributed by atoms with Crippen LogP contribution in [-0.4, -0.2) is 27.1 Å². The third kappa shape index (κ3) is 2.90. The van der Waals surface area contributed by atoms with Gasteiger partial charge in [-0.1, -0.05) is 13.0 Å². The molecule has 2 rings (SSSR count). The van der Waals surface area contributed by atoms with Gasteiger partial charge in [-0.2, -0.15) is 0 Å². The quantitative estimate of drug-likeness (QED) is 0.822. The second-order valence-electron chi connectivity index (χ2n) is 4.07. The van der Waals surface area contributed by atoms with Gasteiger partial charge >= 0.3 is 0 Å². The minimum Gasteiger partial charge on any atom is -0.454 e. The van der Waals surface area contributed by atoms with E-state index in [1.165, 1.54) is 5.56 Å². The third-order valence-electron chi connectivity index (χ3n) is 2.77. The second-order valence-corrected chi connectivity index (χ2v) is 4.07. The van der Waals surface area contributed by atoms with Crippen molar-refractivity contribution in [1.29, 1.82) is 0 Å². The number of ether oxygens (including phenoxy) is 3. The maximum absolute atomic E-state index is 5.38. The Labute approximate surface area is 102 Å². The van der Waals surface area contributed by atoms with E-state index in [-0.39, 0.29) is 6.04 Å². The summed E-state index contributed by atoms with van der Waals surface area (Å²) in [7, 11) is 1.72. The van der Waals surface area contributed by atoms with Gasteiger partial charge in [0, 0.05) is 7.11 Å². The van der Waals surface area contributed by atoms with Crippen LogP contribution >= 0.6 is 0 Å². The highest BCUT2D eigenvalue weighted by molar-refractivity contribution is 5.45. The zero-order valence-corrected chi connectivity index (χ0v) is 10.4. The maximum Gasteiger partial charge on any atom is 0.231 e. The molecule has 1 heterocycles. The number of fused-ring (bicyclic) bond motifs is 1. The Kier molecular flexibility index (Phi) is 4.23. The summed E-state index contributed by atoms with van der Waals surface area (Å²) in [5.41, 5.74) is 1.17. The van der Waals surface area contributed by atoms with Gasteiger partial charge in [-0.05, 0) is 30.7 Å². The van der Waals surface area contributed by atoms with Crippen LogP contribution in [0.5, 0.6) is 11.5 Å². The van der Waals surface area contributed by atoms with Crippen molar-refractivity contribution < 1.29 is 14.2 Å². The van der Waals surface area contributed by atoms with Gasteiger partial charge in [0.15, 0.2) is 11.5 Å². The Morgan fingerprint density at radius 1 is 1.35 bits per heavy atom. The standard InChI is InChI=1S/C13H19NO3/c1-3-6-14-11(8-15-2)10-4-5-12-13(7-10)17-9-16-12/h4-5,7,11,14H,3,6,8-9H2,1-2H3. The molecular weight excluding hydrogens is 218 g/mol. The van der Waals surface area contributed by atoms with E-state index in [1.807, 2.05) is 12.1 Å². The summed E-state index contributed by atoms with van der Waals surface area (Å²) in [4.78, 5) is 0. The summed E-state index contributed by atoms with van der Waals surface area (Å²) >= 11 is 0. The van der Waals surface area contributed by atoms with Crippen LogP contribution in [0, 0.1) is 0 Å². The molecule has 0 aromatic heterocycles. The highest BCUT2D eigenvalue weighted by Crippen LogP contribution is 2.34. The smallest absolute Gasteiger partial charge is 0.231 e. The van der Waals surface area contributed by atoms with Crippen LogP contribution in [-0.2, 0) is 4.74 Å². The Morgan fingerprint density at radius 2 is 2.18 bits per heavy atom. The molecule has 0 spiro atoms. The Bertz CT molecular complexity index is 368. The maximum atomic E-state index is 5.38. The van der Waals surface area contributed by atoms with Gasteiger partial charge in [0.05, 0.1) is 12.6 Å². The molecule has 0 fully saturated rings. The SMILES string of the molecule is CCCNC(COC)c1ccc2c(c1)OCO2. The molecule has 1 unspecified atom stereocenters. The average molecular weight is 237 g/mol. The van der Waals surface area contributed by atoms with E-state index in [0.717, 1.165) is 24.5 Å². The molecule has 1 N–H and O–H groups in total. The van der Waals surface area contributed by atoms with E-state index in [0.29, 0.717) is 13.4 Å². The molecule has 0 amide bonds.